The zero-order valence-electron chi connectivity index (χ0n) is 29.3. The van der Waals surface area contributed by atoms with Gasteiger partial charge in [0.05, 0.1) is 0 Å². The van der Waals surface area contributed by atoms with Gasteiger partial charge in [0, 0.05) is 35.8 Å². The summed E-state index contributed by atoms with van der Waals surface area (Å²) >= 11 is 0. The first-order valence-electron chi connectivity index (χ1n) is 18.0. The molecule has 0 saturated carbocycles. The highest BCUT2D eigenvalue weighted by molar-refractivity contribution is 5.79. The van der Waals surface area contributed by atoms with E-state index in [2.05, 4.69) is 194 Å². The first-order valence-corrected chi connectivity index (χ1v) is 18.0. The summed E-state index contributed by atoms with van der Waals surface area (Å²) in [4.78, 5) is 4.88. The van der Waals surface area contributed by atoms with Crippen LogP contribution in [0.5, 0.6) is 0 Å². The summed E-state index contributed by atoms with van der Waals surface area (Å²) in [6, 6.07) is 39.5. The number of rotatable bonds is 7. The quantitative estimate of drug-likeness (QED) is 0.196. The molecule has 0 atom stereocenters. The van der Waals surface area contributed by atoms with Gasteiger partial charge in [0.2, 0.25) is 0 Å². The van der Waals surface area contributed by atoms with Gasteiger partial charge in [-0.25, -0.2) is 0 Å². The summed E-state index contributed by atoms with van der Waals surface area (Å²) < 4.78 is 0. The van der Waals surface area contributed by atoms with Crippen molar-refractivity contribution in [1.29, 1.82) is 0 Å². The molecule has 1 aliphatic heterocycles. The molecule has 2 nitrogen and oxygen atoms in total. The third-order valence-electron chi connectivity index (χ3n) is 9.86. The standard InChI is InChI=1S/C48H46N2/c1-37-36-44(41-20-11-5-12-21-41)33-35-49(45-22-13-6-14-23-45)34-15-24-48(38(37)2)50(46-29-25-42(26-30-46)39-16-7-3-8-17-39)47-31-27-43(28-32-47)40-18-9-4-10-19-40/h3,6-9,11,13-33,36H,4-5,10,12,34-35H2,1-2H3/b24-15-,37-36?,44-33+,48-38?. The Balaban J connectivity index is 1.36. The lowest BCUT2D eigenvalue weighted by Gasteiger charge is -2.29. The molecule has 0 spiro atoms. The second kappa shape index (κ2) is 15.7. The number of hydrogen-bond acceptors (Lipinski definition) is 2. The molecule has 0 bridgehead atoms. The lowest BCUT2D eigenvalue weighted by Crippen LogP contribution is -2.24. The van der Waals surface area contributed by atoms with Crippen molar-refractivity contribution >= 4 is 22.6 Å². The predicted octanol–water partition coefficient (Wildman–Crippen LogP) is 12.7. The Morgan fingerprint density at radius 3 is 1.68 bits per heavy atom. The van der Waals surface area contributed by atoms with E-state index in [1.54, 1.807) is 0 Å². The molecule has 0 unspecified atom stereocenters. The van der Waals surface area contributed by atoms with Crippen molar-refractivity contribution in [3.8, 4) is 11.1 Å². The maximum Gasteiger partial charge on any atom is 0.0490 e. The molecule has 0 N–H and O–H groups in total. The number of nitrogens with zero attached hydrogens (tertiary/aromatic N) is 2. The molecular formula is C48H46N2. The van der Waals surface area contributed by atoms with Crippen LogP contribution in [0, 0.1) is 0 Å². The molecule has 0 amide bonds. The number of benzene rings is 4. The maximum absolute atomic E-state index is 2.45. The fourth-order valence-corrected chi connectivity index (χ4v) is 6.91. The van der Waals surface area contributed by atoms with Crippen LogP contribution in [-0.2, 0) is 0 Å². The minimum absolute atomic E-state index is 0.790. The summed E-state index contributed by atoms with van der Waals surface area (Å²) in [7, 11) is 0. The van der Waals surface area contributed by atoms with E-state index in [0.29, 0.717) is 0 Å². The number of hydrogen-bond donors (Lipinski definition) is 0. The van der Waals surface area contributed by atoms with Crippen molar-refractivity contribution in [2.75, 3.05) is 22.9 Å². The zero-order chi connectivity index (χ0) is 34.1. The van der Waals surface area contributed by atoms with Gasteiger partial charge in [-0.15, -0.1) is 0 Å². The summed E-state index contributed by atoms with van der Waals surface area (Å²) in [5, 5.41) is 0. The second-order valence-electron chi connectivity index (χ2n) is 13.2. The van der Waals surface area contributed by atoms with Gasteiger partial charge in [0.25, 0.3) is 0 Å². The first-order chi connectivity index (χ1) is 24.6. The summed E-state index contributed by atoms with van der Waals surface area (Å²) in [6.07, 6.45) is 27.7. The lowest BCUT2D eigenvalue weighted by molar-refractivity contribution is 0.948. The number of anilines is 3. The van der Waals surface area contributed by atoms with Crippen molar-refractivity contribution in [2.24, 2.45) is 0 Å². The van der Waals surface area contributed by atoms with E-state index in [9.17, 15) is 0 Å². The minimum atomic E-state index is 0.790. The van der Waals surface area contributed by atoms with Crippen LogP contribution in [-0.4, -0.2) is 13.1 Å². The van der Waals surface area contributed by atoms with Crippen LogP contribution in [0.25, 0.3) is 16.7 Å². The Kier molecular flexibility index (Phi) is 10.4. The zero-order valence-corrected chi connectivity index (χ0v) is 29.3. The predicted molar refractivity (Wildman–Crippen MR) is 216 cm³/mol. The molecule has 248 valence electrons. The van der Waals surface area contributed by atoms with Crippen LogP contribution >= 0.6 is 0 Å². The molecule has 4 aromatic rings. The third-order valence-corrected chi connectivity index (χ3v) is 9.86. The van der Waals surface area contributed by atoms with Gasteiger partial charge in [0.1, 0.15) is 0 Å². The highest BCUT2D eigenvalue weighted by atomic mass is 15.2. The third kappa shape index (κ3) is 7.66. The lowest BCUT2D eigenvalue weighted by atomic mass is 9.95. The Morgan fingerprint density at radius 1 is 0.480 bits per heavy atom. The van der Waals surface area contributed by atoms with E-state index in [1.807, 2.05) is 0 Å². The summed E-state index contributed by atoms with van der Waals surface area (Å²) in [6.45, 7) is 6.15. The average Bonchev–Trinajstić information content (AvgIpc) is 3.22. The van der Waals surface area contributed by atoms with Crippen molar-refractivity contribution in [3.05, 3.63) is 204 Å². The number of allylic oxidation sites excluding steroid dienone is 13. The van der Waals surface area contributed by atoms with E-state index in [4.69, 9.17) is 0 Å². The molecule has 3 aliphatic rings. The molecule has 50 heavy (non-hydrogen) atoms. The normalized spacial score (nSPS) is 18.3. The van der Waals surface area contributed by atoms with Crippen molar-refractivity contribution < 1.29 is 0 Å². The van der Waals surface area contributed by atoms with Crippen LogP contribution < -0.4 is 9.80 Å². The maximum atomic E-state index is 2.45. The molecule has 0 aromatic heterocycles. The van der Waals surface area contributed by atoms with E-state index in [0.717, 1.165) is 55.8 Å². The molecule has 0 radical (unpaired) electrons. The van der Waals surface area contributed by atoms with Gasteiger partial charge in [-0.3, -0.25) is 0 Å². The van der Waals surface area contributed by atoms with Gasteiger partial charge in [-0.1, -0.05) is 127 Å². The van der Waals surface area contributed by atoms with E-state index < -0.39 is 0 Å². The molecule has 0 fully saturated rings. The van der Waals surface area contributed by atoms with Crippen LogP contribution in [0.15, 0.2) is 198 Å². The number of para-hydroxylation sites is 1. The molecule has 0 saturated heterocycles. The Hall–Kier alpha value is -5.60. The molecule has 2 heteroatoms. The topological polar surface area (TPSA) is 6.48 Å². The van der Waals surface area contributed by atoms with Gasteiger partial charge < -0.3 is 9.80 Å². The van der Waals surface area contributed by atoms with Gasteiger partial charge in [0.15, 0.2) is 0 Å². The molecule has 7 rings (SSSR count). The Morgan fingerprint density at radius 2 is 1.06 bits per heavy atom. The molecule has 4 aromatic carbocycles. The van der Waals surface area contributed by atoms with Crippen LogP contribution in [0.2, 0.25) is 0 Å². The van der Waals surface area contributed by atoms with Crippen LogP contribution in [0.4, 0.5) is 17.1 Å². The largest absolute Gasteiger partial charge is 0.364 e. The van der Waals surface area contributed by atoms with Crippen molar-refractivity contribution in [1.82, 2.24) is 0 Å². The highest BCUT2D eigenvalue weighted by Gasteiger charge is 2.19. The minimum Gasteiger partial charge on any atom is -0.364 e. The first kappa shape index (κ1) is 32.9. The van der Waals surface area contributed by atoms with Gasteiger partial charge in [-0.05, 0) is 127 Å². The summed E-state index contributed by atoms with van der Waals surface area (Å²) in [5.41, 5.74) is 14.7. The van der Waals surface area contributed by atoms with Crippen molar-refractivity contribution in [2.45, 2.75) is 39.5 Å². The Bertz CT molecular complexity index is 2030. The highest BCUT2D eigenvalue weighted by Crippen LogP contribution is 2.37. The monoisotopic (exact) mass is 650 g/mol. The van der Waals surface area contributed by atoms with Crippen molar-refractivity contribution in [3.63, 3.8) is 0 Å². The molecular weight excluding hydrogens is 605 g/mol. The van der Waals surface area contributed by atoms with E-state index in [1.165, 1.54) is 50.2 Å². The smallest absolute Gasteiger partial charge is 0.0490 e. The SMILES string of the molecule is CC1=C/C(C2=CCCC=C2)=C\CN(c2ccccc2)C/C=C\C(N(c2ccc(C3=CCCC=C3)cc2)c2ccc(-c3ccccc3)cc2)=C1C. The molecule has 2 aliphatic carbocycles. The summed E-state index contributed by atoms with van der Waals surface area (Å²) in [5.74, 6) is 0. The fourth-order valence-electron chi connectivity index (χ4n) is 6.91. The van der Waals surface area contributed by atoms with Gasteiger partial charge in [-0.2, -0.15) is 0 Å². The van der Waals surface area contributed by atoms with Gasteiger partial charge >= 0.3 is 0 Å². The van der Waals surface area contributed by atoms with E-state index in [-0.39, 0.29) is 0 Å². The molecule has 1 heterocycles. The van der Waals surface area contributed by atoms with E-state index >= 15 is 0 Å². The van der Waals surface area contributed by atoms with Crippen LogP contribution in [0.3, 0.4) is 0 Å². The average molecular weight is 651 g/mol. The van der Waals surface area contributed by atoms with Crippen LogP contribution in [0.1, 0.15) is 45.1 Å². The fraction of sp³-hybridized carbons (Fsp3) is 0.167. The second-order valence-corrected chi connectivity index (χ2v) is 13.2. The Labute approximate surface area is 298 Å².